The van der Waals surface area contributed by atoms with Crippen molar-refractivity contribution in [1.82, 2.24) is 13.9 Å². The Balaban J connectivity index is 1.55. The number of fused-ring (bicyclic) bond motifs is 2. The summed E-state index contributed by atoms with van der Waals surface area (Å²) in [6, 6.07) is 18.7. The smallest absolute Gasteiger partial charge is 0.242 e. The van der Waals surface area contributed by atoms with Gasteiger partial charge in [-0.05, 0) is 36.6 Å². The lowest BCUT2D eigenvalue weighted by atomic mass is 10.1. The normalized spacial score (nSPS) is 12.0. The molecule has 0 aliphatic rings. The third kappa shape index (κ3) is 4.11. The van der Waals surface area contributed by atoms with E-state index >= 15 is 0 Å². The number of anilines is 1. The maximum Gasteiger partial charge on any atom is 0.242 e. The fourth-order valence-corrected chi connectivity index (χ4v) is 4.77. The summed E-state index contributed by atoms with van der Waals surface area (Å²) >= 11 is 0. The molecule has 0 radical (unpaired) electrons. The number of aromatic nitrogens is 2. The number of aryl methyl sites for hydroxylation is 2. The first-order valence-corrected chi connectivity index (χ1v) is 11.9. The van der Waals surface area contributed by atoms with Crippen molar-refractivity contribution < 1.29 is 13.2 Å². The summed E-state index contributed by atoms with van der Waals surface area (Å²) in [6.07, 6.45) is 0.726. The Bertz CT molecular complexity index is 1400. The van der Waals surface area contributed by atoms with Crippen LogP contribution in [-0.2, 0) is 27.8 Å². The Hall–Kier alpha value is -3.23. The molecule has 1 aromatic heterocycles. The van der Waals surface area contributed by atoms with Crippen LogP contribution in [0.5, 0.6) is 0 Å². The van der Waals surface area contributed by atoms with E-state index in [0.29, 0.717) is 18.5 Å². The third-order valence-electron chi connectivity index (χ3n) is 5.53. The summed E-state index contributed by atoms with van der Waals surface area (Å²) in [5.74, 6) is 0.668. The Morgan fingerprint density at radius 1 is 1.06 bits per heavy atom. The van der Waals surface area contributed by atoms with Crippen molar-refractivity contribution in [3.05, 3.63) is 66.5 Å². The van der Waals surface area contributed by atoms with Crippen molar-refractivity contribution in [2.24, 2.45) is 0 Å². The van der Waals surface area contributed by atoms with Crippen molar-refractivity contribution in [3.63, 3.8) is 0 Å². The van der Waals surface area contributed by atoms with E-state index < -0.39 is 10.0 Å². The largest absolute Gasteiger partial charge is 0.328 e. The zero-order chi connectivity index (χ0) is 22.9. The molecule has 0 saturated carbocycles. The zero-order valence-corrected chi connectivity index (χ0v) is 19.2. The first-order valence-electron chi connectivity index (χ1n) is 10.5. The molecule has 0 aliphatic carbocycles. The summed E-state index contributed by atoms with van der Waals surface area (Å²) in [5.41, 5.74) is 2.25. The summed E-state index contributed by atoms with van der Waals surface area (Å²) < 4.78 is 28.1. The maximum absolute atomic E-state index is 12.7. The van der Waals surface area contributed by atoms with Gasteiger partial charge in [0.1, 0.15) is 5.82 Å². The van der Waals surface area contributed by atoms with Crippen LogP contribution in [0.2, 0.25) is 0 Å². The molecule has 1 heterocycles. The molecule has 166 valence electrons. The number of amides is 1. The molecule has 32 heavy (non-hydrogen) atoms. The van der Waals surface area contributed by atoms with Gasteiger partial charge in [0.05, 0.1) is 15.9 Å². The Kier molecular flexibility index (Phi) is 5.99. The highest BCUT2D eigenvalue weighted by atomic mass is 32.2. The first kappa shape index (κ1) is 22.0. The Labute approximate surface area is 187 Å². The van der Waals surface area contributed by atoms with Crippen LogP contribution < -0.4 is 5.32 Å². The topological polar surface area (TPSA) is 84.3 Å². The van der Waals surface area contributed by atoms with Crippen molar-refractivity contribution in [2.75, 3.05) is 19.4 Å². The number of sulfonamides is 1. The van der Waals surface area contributed by atoms with Crippen LogP contribution >= 0.6 is 0 Å². The van der Waals surface area contributed by atoms with E-state index in [2.05, 4.69) is 10.3 Å². The molecule has 0 spiro atoms. The number of nitrogens with zero attached hydrogens (tertiary/aromatic N) is 3. The quantitative estimate of drug-likeness (QED) is 0.461. The number of imidazole rings is 1. The average molecular weight is 451 g/mol. The minimum Gasteiger partial charge on any atom is -0.328 e. The highest BCUT2D eigenvalue weighted by Gasteiger charge is 2.20. The zero-order valence-electron chi connectivity index (χ0n) is 18.4. The number of hydrogen-bond acceptors (Lipinski definition) is 4. The lowest BCUT2D eigenvalue weighted by molar-refractivity contribution is -0.116. The van der Waals surface area contributed by atoms with Gasteiger partial charge in [-0.3, -0.25) is 4.79 Å². The van der Waals surface area contributed by atoms with Crippen LogP contribution in [0.15, 0.2) is 65.6 Å². The van der Waals surface area contributed by atoms with Gasteiger partial charge in [-0.15, -0.1) is 0 Å². The summed E-state index contributed by atoms with van der Waals surface area (Å²) in [5, 5.41) is 5.08. The number of benzene rings is 3. The van der Waals surface area contributed by atoms with Crippen LogP contribution in [0, 0.1) is 0 Å². The lowest BCUT2D eigenvalue weighted by Gasteiger charge is -2.11. The molecule has 0 unspecified atom stereocenters. The Morgan fingerprint density at radius 2 is 1.81 bits per heavy atom. The van der Waals surface area contributed by atoms with Crippen molar-refractivity contribution in [2.45, 2.75) is 31.2 Å². The third-order valence-corrected chi connectivity index (χ3v) is 7.34. The van der Waals surface area contributed by atoms with Gasteiger partial charge in [-0.1, -0.05) is 36.4 Å². The van der Waals surface area contributed by atoms with E-state index in [4.69, 9.17) is 0 Å². The van der Waals surface area contributed by atoms with E-state index in [1.54, 1.807) is 18.2 Å². The predicted molar refractivity (Wildman–Crippen MR) is 127 cm³/mol. The van der Waals surface area contributed by atoms with Gasteiger partial charge in [0, 0.05) is 44.6 Å². The number of carbonyl (C=O) groups excluding carboxylic acids is 1. The van der Waals surface area contributed by atoms with Crippen molar-refractivity contribution >= 4 is 43.4 Å². The average Bonchev–Trinajstić information content (AvgIpc) is 3.14. The van der Waals surface area contributed by atoms with Gasteiger partial charge < -0.3 is 9.88 Å². The number of rotatable bonds is 7. The molecule has 4 aromatic rings. The molecule has 0 fully saturated rings. The highest BCUT2D eigenvalue weighted by Crippen LogP contribution is 2.24. The van der Waals surface area contributed by atoms with E-state index in [1.807, 2.05) is 54.0 Å². The number of nitrogens with one attached hydrogen (secondary N) is 1. The van der Waals surface area contributed by atoms with E-state index in [1.165, 1.54) is 18.4 Å². The Morgan fingerprint density at radius 3 is 2.56 bits per heavy atom. The second-order valence-corrected chi connectivity index (χ2v) is 9.94. The van der Waals surface area contributed by atoms with Gasteiger partial charge in [0.25, 0.3) is 0 Å². The molecule has 1 amide bonds. The molecule has 0 bridgehead atoms. The molecule has 0 aliphatic heterocycles. The predicted octanol–water partition coefficient (Wildman–Crippen LogP) is 4.03. The minimum absolute atomic E-state index is 0.0908. The second kappa shape index (κ2) is 8.72. The fourth-order valence-electron chi connectivity index (χ4n) is 3.85. The molecule has 7 nitrogen and oxygen atoms in total. The van der Waals surface area contributed by atoms with Crippen LogP contribution in [0.1, 0.15) is 19.2 Å². The molecular formula is C24H26N4O3S. The summed E-state index contributed by atoms with van der Waals surface area (Å²) in [4.78, 5) is 17.5. The monoisotopic (exact) mass is 450 g/mol. The minimum atomic E-state index is -3.54. The molecular weight excluding hydrogens is 424 g/mol. The second-order valence-electron chi connectivity index (χ2n) is 7.79. The van der Waals surface area contributed by atoms with Gasteiger partial charge >= 0.3 is 0 Å². The van der Waals surface area contributed by atoms with E-state index in [9.17, 15) is 13.2 Å². The molecule has 1 N–H and O–H groups in total. The van der Waals surface area contributed by atoms with Crippen LogP contribution in [-0.4, -0.2) is 42.3 Å². The SMILES string of the molecule is CCn1c(CCC(=O)Nc2cccc3ccccc23)nc2cc(S(=O)(=O)N(C)C)ccc21. The molecule has 4 rings (SSSR count). The van der Waals surface area contributed by atoms with Gasteiger partial charge in [-0.25, -0.2) is 17.7 Å². The van der Waals surface area contributed by atoms with Crippen molar-refractivity contribution in [3.8, 4) is 0 Å². The van der Waals surface area contributed by atoms with Crippen LogP contribution in [0.25, 0.3) is 21.8 Å². The summed E-state index contributed by atoms with van der Waals surface area (Å²) in [7, 11) is -0.529. The van der Waals surface area contributed by atoms with Crippen LogP contribution in [0.4, 0.5) is 5.69 Å². The molecule has 0 saturated heterocycles. The van der Waals surface area contributed by atoms with E-state index in [0.717, 1.165) is 27.8 Å². The maximum atomic E-state index is 12.7. The lowest BCUT2D eigenvalue weighted by Crippen LogP contribution is -2.22. The van der Waals surface area contributed by atoms with Crippen molar-refractivity contribution in [1.29, 1.82) is 0 Å². The van der Waals surface area contributed by atoms with Gasteiger partial charge in [-0.2, -0.15) is 0 Å². The number of carbonyl (C=O) groups is 1. The molecule has 0 atom stereocenters. The highest BCUT2D eigenvalue weighted by molar-refractivity contribution is 7.89. The first-order chi connectivity index (χ1) is 15.3. The number of hydrogen-bond donors (Lipinski definition) is 1. The van der Waals surface area contributed by atoms with Gasteiger partial charge in [0.2, 0.25) is 15.9 Å². The fraction of sp³-hybridized carbons (Fsp3) is 0.250. The standard InChI is InChI=1S/C24H26N4O3S/c1-4-28-22-13-12-18(32(30,31)27(2)3)16-21(22)25-23(28)14-15-24(29)26-20-11-7-9-17-8-5-6-10-19(17)20/h5-13,16H,4,14-15H2,1-3H3,(H,26,29). The molecule has 3 aromatic carbocycles. The molecule has 8 heteroatoms. The van der Waals surface area contributed by atoms with E-state index in [-0.39, 0.29) is 17.2 Å². The van der Waals surface area contributed by atoms with Gasteiger partial charge in [0.15, 0.2) is 0 Å². The summed E-state index contributed by atoms with van der Waals surface area (Å²) in [6.45, 7) is 2.68. The van der Waals surface area contributed by atoms with Crippen LogP contribution in [0.3, 0.4) is 0 Å².